The summed E-state index contributed by atoms with van der Waals surface area (Å²) < 4.78 is 84.1. The fraction of sp³-hybridized carbons (Fsp3) is 0.923. The summed E-state index contributed by atoms with van der Waals surface area (Å²) in [4.78, 5) is 13.3. The Hall–Kier alpha value is -1.03. The van der Waals surface area contributed by atoms with Crippen molar-refractivity contribution in [1.82, 2.24) is 4.90 Å². The van der Waals surface area contributed by atoms with Crippen LogP contribution in [0.2, 0.25) is 0 Å². The van der Waals surface area contributed by atoms with E-state index in [0.29, 0.717) is 32.7 Å². The van der Waals surface area contributed by atoms with Gasteiger partial charge in [-0.3, -0.25) is 9.69 Å². The van der Waals surface area contributed by atoms with Crippen molar-refractivity contribution in [2.45, 2.75) is 38.2 Å². The van der Waals surface area contributed by atoms with Crippen LogP contribution in [0.5, 0.6) is 0 Å². The number of nitrogens with zero attached hydrogens (tertiary/aromatic N) is 1. The van der Waals surface area contributed by atoms with Crippen molar-refractivity contribution in [3.63, 3.8) is 0 Å². The average Bonchev–Trinajstić information content (AvgIpc) is 2.44. The highest BCUT2D eigenvalue weighted by Crippen LogP contribution is 2.41. The number of esters is 1. The monoisotopic (exact) mass is 351 g/mol. The maximum atomic E-state index is 12.4. The van der Waals surface area contributed by atoms with E-state index in [0.717, 1.165) is 0 Å². The standard InChI is InChI=1S/C13H19F6NO3/c1-2-9(20-3-5-22-6-4-20)8-23-11(21)7-10(12(14,15)16)13(17,18)19/h9-10H,2-8H2,1H3. The number of alkyl halides is 6. The number of carbonyl (C=O) groups excluding carboxylic acids is 1. The van der Waals surface area contributed by atoms with Crippen molar-refractivity contribution >= 4 is 5.97 Å². The van der Waals surface area contributed by atoms with Gasteiger partial charge in [0.2, 0.25) is 0 Å². The second kappa shape index (κ2) is 8.18. The molecule has 0 amide bonds. The van der Waals surface area contributed by atoms with Crippen LogP contribution in [0, 0.1) is 5.92 Å². The number of hydrogen-bond acceptors (Lipinski definition) is 4. The summed E-state index contributed by atoms with van der Waals surface area (Å²) in [5, 5.41) is 0. The molecule has 1 aliphatic rings. The van der Waals surface area contributed by atoms with Crippen molar-refractivity contribution in [2.24, 2.45) is 5.92 Å². The number of rotatable bonds is 6. The maximum Gasteiger partial charge on any atom is 0.401 e. The lowest BCUT2D eigenvalue weighted by Crippen LogP contribution is -2.46. The second-order valence-corrected chi connectivity index (χ2v) is 5.23. The summed E-state index contributed by atoms with van der Waals surface area (Å²) in [6, 6.07) is -0.252. The van der Waals surface area contributed by atoms with Gasteiger partial charge in [0.25, 0.3) is 0 Å². The Labute approximate surface area is 129 Å². The van der Waals surface area contributed by atoms with Crippen LogP contribution in [0.15, 0.2) is 0 Å². The SMILES string of the molecule is CCC(COC(=O)CC(C(F)(F)F)C(F)(F)F)N1CCOCC1. The van der Waals surface area contributed by atoms with Crippen LogP contribution in [-0.2, 0) is 14.3 Å². The lowest BCUT2D eigenvalue weighted by molar-refractivity contribution is -0.285. The van der Waals surface area contributed by atoms with Crippen molar-refractivity contribution in [2.75, 3.05) is 32.9 Å². The third kappa shape index (κ3) is 6.54. The Morgan fingerprint density at radius 1 is 1.13 bits per heavy atom. The summed E-state index contributed by atoms with van der Waals surface area (Å²) in [5.41, 5.74) is 0. The van der Waals surface area contributed by atoms with Crippen molar-refractivity contribution in [3.8, 4) is 0 Å². The zero-order valence-corrected chi connectivity index (χ0v) is 12.5. The van der Waals surface area contributed by atoms with Crippen LogP contribution < -0.4 is 0 Å². The van der Waals surface area contributed by atoms with Crippen LogP contribution in [0.1, 0.15) is 19.8 Å². The minimum Gasteiger partial charge on any atom is -0.464 e. The van der Waals surface area contributed by atoms with E-state index in [1.165, 1.54) is 0 Å². The predicted molar refractivity (Wildman–Crippen MR) is 67.6 cm³/mol. The maximum absolute atomic E-state index is 12.4. The molecule has 1 rings (SSSR count). The topological polar surface area (TPSA) is 38.8 Å². The molecule has 1 heterocycles. The molecule has 1 aliphatic heterocycles. The summed E-state index contributed by atoms with van der Waals surface area (Å²) in [5.74, 6) is -5.21. The van der Waals surface area contributed by atoms with Crippen LogP contribution >= 0.6 is 0 Å². The Morgan fingerprint density at radius 2 is 1.65 bits per heavy atom. The van der Waals surface area contributed by atoms with Gasteiger partial charge in [-0.1, -0.05) is 6.92 Å². The second-order valence-electron chi connectivity index (χ2n) is 5.23. The smallest absolute Gasteiger partial charge is 0.401 e. The predicted octanol–water partition coefficient (Wildman–Crippen LogP) is 2.77. The molecule has 1 atom stereocenters. The normalized spacial score (nSPS) is 19.0. The molecular formula is C13H19F6NO3. The minimum absolute atomic E-state index is 0.238. The first kappa shape index (κ1) is 20.0. The number of carbonyl (C=O) groups is 1. The van der Waals surface area contributed by atoms with Crippen molar-refractivity contribution in [1.29, 1.82) is 0 Å². The third-order valence-electron chi connectivity index (χ3n) is 3.63. The molecular weight excluding hydrogens is 332 g/mol. The zero-order valence-electron chi connectivity index (χ0n) is 12.5. The summed E-state index contributed by atoms with van der Waals surface area (Å²) in [6.07, 6.45) is -12.3. The first-order valence-corrected chi connectivity index (χ1v) is 7.16. The molecule has 0 bridgehead atoms. The summed E-state index contributed by atoms with van der Waals surface area (Å²) >= 11 is 0. The molecule has 10 heteroatoms. The molecule has 0 saturated carbocycles. The molecule has 1 fully saturated rings. The van der Waals surface area contributed by atoms with E-state index >= 15 is 0 Å². The molecule has 0 radical (unpaired) electrons. The number of halogens is 6. The molecule has 0 aromatic heterocycles. The van der Waals surface area contributed by atoms with Crippen LogP contribution in [0.3, 0.4) is 0 Å². The molecule has 0 N–H and O–H groups in total. The molecule has 0 aliphatic carbocycles. The van der Waals surface area contributed by atoms with Gasteiger partial charge in [-0.25, -0.2) is 0 Å². The number of hydrogen-bond donors (Lipinski definition) is 0. The van der Waals surface area contributed by atoms with Crippen LogP contribution in [0.4, 0.5) is 26.3 Å². The van der Waals surface area contributed by atoms with E-state index in [1.807, 2.05) is 4.90 Å². The fourth-order valence-corrected chi connectivity index (χ4v) is 2.26. The van der Waals surface area contributed by atoms with Gasteiger partial charge in [0.15, 0.2) is 5.92 Å². The van der Waals surface area contributed by atoms with E-state index in [4.69, 9.17) is 4.74 Å². The average molecular weight is 351 g/mol. The minimum atomic E-state index is -5.54. The van der Waals surface area contributed by atoms with E-state index in [9.17, 15) is 31.1 Å². The third-order valence-corrected chi connectivity index (χ3v) is 3.63. The van der Waals surface area contributed by atoms with Gasteiger partial charge in [0.1, 0.15) is 6.61 Å². The van der Waals surface area contributed by atoms with Crippen molar-refractivity contribution < 1.29 is 40.6 Å². The Bertz CT molecular complexity index is 365. The van der Waals surface area contributed by atoms with Gasteiger partial charge in [-0.05, 0) is 6.42 Å². The first-order valence-electron chi connectivity index (χ1n) is 7.16. The number of ether oxygens (including phenoxy) is 2. The van der Waals surface area contributed by atoms with E-state index in [-0.39, 0.29) is 12.6 Å². The fourth-order valence-electron chi connectivity index (χ4n) is 2.26. The largest absolute Gasteiger partial charge is 0.464 e. The molecule has 1 unspecified atom stereocenters. The van der Waals surface area contributed by atoms with Gasteiger partial charge in [0.05, 0.1) is 19.6 Å². The van der Waals surface area contributed by atoms with Crippen LogP contribution in [-0.4, -0.2) is 62.2 Å². The van der Waals surface area contributed by atoms with E-state index in [1.54, 1.807) is 6.92 Å². The van der Waals surface area contributed by atoms with E-state index in [2.05, 4.69) is 4.74 Å². The molecule has 1 saturated heterocycles. The Kier molecular flexibility index (Phi) is 7.12. The highest BCUT2D eigenvalue weighted by Gasteiger charge is 2.57. The first-order chi connectivity index (χ1) is 10.6. The summed E-state index contributed by atoms with van der Waals surface area (Å²) in [7, 11) is 0. The molecule has 0 aromatic carbocycles. The number of morpholine rings is 1. The van der Waals surface area contributed by atoms with Gasteiger partial charge in [-0.15, -0.1) is 0 Å². The van der Waals surface area contributed by atoms with Crippen molar-refractivity contribution in [3.05, 3.63) is 0 Å². The Morgan fingerprint density at radius 3 is 2.09 bits per heavy atom. The van der Waals surface area contributed by atoms with Crippen LogP contribution in [0.25, 0.3) is 0 Å². The molecule has 23 heavy (non-hydrogen) atoms. The van der Waals surface area contributed by atoms with Gasteiger partial charge >= 0.3 is 18.3 Å². The quantitative estimate of drug-likeness (QED) is 0.545. The lowest BCUT2D eigenvalue weighted by atomic mass is 10.0. The van der Waals surface area contributed by atoms with Gasteiger partial charge in [-0.2, -0.15) is 26.3 Å². The lowest BCUT2D eigenvalue weighted by Gasteiger charge is -2.33. The van der Waals surface area contributed by atoms with Gasteiger partial charge < -0.3 is 9.47 Å². The molecule has 136 valence electrons. The van der Waals surface area contributed by atoms with E-state index < -0.39 is 30.7 Å². The molecule has 0 aromatic rings. The molecule has 0 spiro atoms. The highest BCUT2D eigenvalue weighted by molar-refractivity contribution is 5.70. The zero-order chi connectivity index (χ0) is 17.7. The summed E-state index contributed by atoms with van der Waals surface area (Å²) in [6.45, 7) is 3.66. The molecule has 4 nitrogen and oxygen atoms in total. The Balaban J connectivity index is 2.53. The van der Waals surface area contributed by atoms with Gasteiger partial charge in [0, 0.05) is 19.1 Å². The highest BCUT2D eigenvalue weighted by atomic mass is 19.4.